The molecule has 1 aliphatic rings. The first-order valence-corrected chi connectivity index (χ1v) is 6.72. The molecular formula is C14H19Cl2N3. The van der Waals surface area contributed by atoms with Crippen LogP contribution in [0.3, 0.4) is 0 Å². The number of nitriles is 1. The van der Waals surface area contributed by atoms with E-state index in [2.05, 4.69) is 11.4 Å². The summed E-state index contributed by atoms with van der Waals surface area (Å²) in [5, 5.41) is 13.2. The number of halogens is 2. The molecule has 3 N–H and O–H groups in total. The number of rotatable bonds is 2. The van der Waals surface area contributed by atoms with Crippen molar-refractivity contribution in [2.24, 2.45) is 5.73 Å². The van der Waals surface area contributed by atoms with E-state index >= 15 is 0 Å². The molecule has 0 amide bonds. The SMILES string of the molecule is Cc1cc(C#N)c(N[C@H]2CCCC[C@@H]2N)cc1Cl.Cl. The van der Waals surface area contributed by atoms with Gasteiger partial charge in [0.2, 0.25) is 0 Å². The van der Waals surface area contributed by atoms with E-state index in [0.29, 0.717) is 10.6 Å². The number of hydrogen-bond acceptors (Lipinski definition) is 3. The Hall–Kier alpha value is -0.950. The number of anilines is 1. The van der Waals surface area contributed by atoms with Crippen LogP contribution in [-0.2, 0) is 0 Å². The highest BCUT2D eigenvalue weighted by Gasteiger charge is 2.22. The fourth-order valence-corrected chi connectivity index (χ4v) is 2.60. The summed E-state index contributed by atoms with van der Waals surface area (Å²) in [6, 6.07) is 6.25. The lowest BCUT2D eigenvalue weighted by Crippen LogP contribution is -2.42. The van der Waals surface area contributed by atoms with Crippen LogP contribution < -0.4 is 11.1 Å². The number of hydrogen-bond donors (Lipinski definition) is 2. The van der Waals surface area contributed by atoms with Crippen molar-refractivity contribution in [1.82, 2.24) is 0 Å². The average molecular weight is 300 g/mol. The van der Waals surface area contributed by atoms with Crippen LogP contribution in [0.2, 0.25) is 5.02 Å². The van der Waals surface area contributed by atoms with Gasteiger partial charge in [-0.2, -0.15) is 5.26 Å². The highest BCUT2D eigenvalue weighted by atomic mass is 35.5. The summed E-state index contributed by atoms with van der Waals surface area (Å²) in [6.45, 7) is 1.90. The second-order valence-electron chi connectivity index (χ2n) is 4.96. The van der Waals surface area contributed by atoms with Crippen LogP contribution in [0.25, 0.3) is 0 Å². The van der Waals surface area contributed by atoms with Gasteiger partial charge in [-0.1, -0.05) is 24.4 Å². The van der Waals surface area contributed by atoms with Crippen molar-refractivity contribution in [3.05, 3.63) is 28.3 Å². The Morgan fingerprint density at radius 2 is 2.05 bits per heavy atom. The maximum absolute atomic E-state index is 9.16. The predicted octanol–water partition coefficient (Wildman–Crippen LogP) is 3.62. The molecule has 0 radical (unpaired) electrons. The number of aryl methyl sites for hydroxylation is 1. The van der Waals surface area contributed by atoms with Gasteiger partial charge in [-0.3, -0.25) is 0 Å². The first-order chi connectivity index (χ1) is 8.61. The molecule has 2 atom stereocenters. The van der Waals surface area contributed by atoms with Gasteiger partial charge in [0.1, 0.15) is 6.07 Å². The summed E-state index contributed by atoms with van der Waals surface area (Å²) in [7, 11) is 0. The molecule has 104 valence electrons. The molecule has 0 bridgehead atoms. The highest BCUT2D eigenvalue weighted by Crippen LogP contribution is 2.27. The maximum atomic E-state index is 9.16. The topological polar surface area (TPSA) is 61.8 Å². The van der Waals surface area contributed by atoms with Crippen LogP contribution in [0, 0.1) is 18.3 Å². The van der Waals surface area contributed by atoms with Crippen LogP contribution in [0.5, 0.6) is 0 Å². The quantitative estimate of drug-likeness (QED) is 0.877. The van der Waals surface area contributed by atoms with Gasteiger partial charge in [-0.25, -0.2) is 0 Å². The number of nitrogens with zero attached hydrogens (tertiary/aromatic N) is 1. The van der Waals surface area contributed by atoms with Crippen molar-refractivity contribution in [2.45, 2.75) is 44.7 Å². The smallest absolute Gasteiger partial charge is 0.101 e. The van der Waals surface area contributed by atoms with Gasteiger partial charge in [0.25, 0.3) is 0 Å². The predicted molar refractivity (Wildman–Crippen MR) is 82.0 cm³/mol. The summed E-state index contributed by atoms with van der Waals surface area (Å²) in [5.41, 5.74) is 8.47. The first-order valence-electron chi connectivity index (χ1n) is 6.34. The third kappa shape index (κ3) is 3.76. The normalized spacial score (nSPS) is 22.2. The van der Waals surface area contributed by atoms with Crippen molar-refractivity contribution >= 4 is 29.7 Å². The van der Waals surface area contributed by atoms with Crippen LogP contribution in [0.15, 0.2) is 12.1 Å². The monoisotopic (exact) mass is 299 g/mol. The summed E-state index contributed by atoms with van der Waals surface area (Å²) in [5.74, 6) is 0. The zero-order valence-corrected chi connectivity index (χ0v) is 12.5. The Morgan fingerprint density at radius 1 is 1.37 bits per heavy atom. The maximum Gasteiger partial charge on any atom is 0.101 e. The summed E-state index contributed by atoms with van der Waals surface area (Å²) < 4.78 is 0. The van der Waals surface area contributed by atoms with E-state index in [1.807, 2.05) is 19.1 Å². The summed E-state index contributed by atoms with van der Waals surface area (Å²) in [6.07, 6.45) is 4.47. The Morgan fingerprint density at radius 3 is 2.68 bits per heavy atom. The average Bonchev–Trinajstić information content (AvgIpc) is 2.36. The van der Waals surface area contributed by atoms with Gasteiger partial charge in [-0.15, -0.1) is 12.4 Å². The number of nitrogens with one attached hydrogen (secondary N) is 1. The van der Waals surface area contributed by atoms with E-state index in [-0.39, 0.29) is 24.5 Å². The second-order valence-corrected chi connectivity index (χ2v) is 5.37. The zero-order valence-electron chi connectivity index (χ0n) is 10.9. The van der Waals surface area contributed by atoms with Gasteiger partial charge in [0, 0.05) is 17.1 Å². The molecule has 0 aromatic heterocycles. The molecule has 1 aliphatic carbocycles. The first kappa shape index (κ1) is 16.1. The van der Waals surface area contributed by atoms with Gasteiger partial charge in [-0.05, 0) is 37.5 Å². The molecule has 0 spiro atoms. The van der Waals surface area contributed by atoms with Gasteiger partial charge >= 0.3 is 0 Å². The van der Waals surface area contributed by atoms with E-state index in [0.717, 1.165) is 24.1 Å². The molecule has 0 unspecified atom stereocenters. The molecular weight excluding hydrogens is 281 g/mol. The lowest BCUT2D eigenvalue weighted by Gasteiger charge is -2.30. The molecule has 0 heterocycles. The van der Waals surface area contributed by atoms with E-state index in [9.17, 15) is 0 Å². The van der Waals surface area contributed by atoms with Crippen molar-refractivity contribution < 1.29 is 0 Å². The lowest BCUT2D eigenvalue weighted by molar-refractivity contribution is 0.404. The molecule has 19 heavy (non-hydrogen) atoms. The Labute approximate surface area is 125 Å². The molecule has 1 aromatic rings. The molecule has 1 aromatic carbocycles. The fraction of sp³-hybridized carbons (Fsp3) is 0.500. The van der Waals surface area contributed by atoms with Gasteiger partial charge in [0.15, 0.2) is 0 Å². The summed E-state index contributed by atoms with van der Waals surface area (Å²) >= 11 is 6.12. The third-order valence-electron chi connectivity index (χ3n) is 3.58. The van der Waals surface area contributed by atoms with Crippen LogP contribution >= 0.6 is 24.0 Å². The minimum atomic E-state index is 0. The minimum absolute atomic E-state index is 0. The molecule has 1 fully saturated rings. The Bertz CT molecular complexity index is 482. The molecule has 3 nitrogen and oxygen atoms in total. The molecule has 5 heteroatoms. The highest BCUT2D eigenvalue weighted by molar-refractivity contribution is 6.31. The molecule has 2 rings (SSSR count). The fourth-order valence-electron chi connectivity index (χ4n) is 2.43. The van der Waals surface area contributed by atoms with E-state index < -0.39 is 0 Å². The third-order valence-corrected chi connectivity index (χ3v) is 3.99. The van der Waals surface area contributed by atoms with Crippen molar-refractivity contribution in [1.29, 1.82) is 5.26 Å². The van der Waals surface area contributed by atoms with E-state index in [1.54, 1.807) is 0 Å². The van der Waals surface area contributed by atoms with Crippen LogP contribution in [0.1, 0.15) is 36.8 Å². The lowest BCUT2D eigenvalue weighted by atomic mass is 9.90. The standard InChI is InChI=1S/C14H18ClN3.ClH/c1-9-6-10(8-16)14(7-11(9)15)18-13-5-3-2-4-12(13)17;/h6-7,12-13,18H,2-5,17H2,1H3;1H/t12-,13-;/m0./s1. The van der Waals surface area contributed by atoms with Gasteiger partial charge < -0.3 is 11.1 Å². The van der Waals surface area contributed by atoms with E-state index in [1.165, 1.54) is 12.8 Å². The Balaban J connectivity index is 0.00000180. The second kappa shape index (κ2) is 7.00. The van der Waals surface area contributed by atoms with E-state index in [4.69, 9.17) is 22.6 Å². The van der Waals surface area contributed by atoms with Crippen LogP contribution in [0.4, 0.5) is 5.69 Å². The van der Waals surface area contributed by atoms with Crippen molar-refractivity contribution in [3.8, 4) is 6.07 Å². The van der Waals surface area contributed by atoms with Gasteiger partial charge in [0.05, 0.1) is 11.3 Å². The molecule has 0 aliphatic heterocycles. The molecule has 0 saturated heterocycles. The van der Waals surface area contributed by atoms with Crippen molar-refractivity contribution in [3.63, 3.8) is 0 Å². The zero-order chi connectivity index (χ0) is 13.1. The number of nitrogens with two attached hydrogens (primary N) is 1. The van der Waals surface area contributed by atoms with Crippen molar-refractivity contribution in [2.75, 3.05) is 5.32 Å². The summed E-state index contributed by atoms with van der Waals surface area (Å²) in [4.78, 5) is 0. The minimum Gasteiger partial charge on any atom is -0.380 e. The largest absolute Gasteiger partial charge is 0.380 e. The van der Waals surface area contributed by atoms with Crippen LogP contribution in [-0.4, -0.2) is 12.1 Å². The number of benzene rings is 1. The Kier molecular flexibility index (Phi) is 5.93. The molecule has 1 saturated carbocycles.